The predicted molar refractivity (Wildman–Crippen MR) is 95.6 cm³/mol. The van der Waals surface area contributed by atoms with E-state index in [0.29, 0.717) is 11.9 Å². The van der Waals surface area contributed by atoms with Crippen LogP contribution in [0.3, 0.4) is 0 Å². The Labute approximate surface area is 144 Å². The summed E-state index contributed by atoms with van der Waals surface area (Å²) >= 11 is 3.38. The maximum Gasteiger partial charge on any atom is 0.188 e. The van der Waals surface area contributed by atoms with Crippen LogP contribution in [0, 0.1) is 0 Å². The lowest BCUT2D eigenvalue weighted by Crippen LogP contribution is -2.30. The number of thiazole rings is 1. The molecule has 0 fully saturated rings. The highest BCUT2D eigenvalue weighted by Gasteiger charge is 2.15. The van der Waals surface area contributed by atoms with Gasteiger partial charge in [0.15, 0.2) is 10.8 Å². The first kappa shape index (κ1) is 16.2. The molecule has 23 heavy (non-hydrogen) atoms. The van der Waals surface area contributed by atoms with Crippen LogP contribution in [-0.2, 0) is 6.54 Å². The molecule has 0 aliphatic heterocycles. The van der Waals surface area contributed by atoms with Crippen molar-refractivity contribution in [2.24, 2.45) is 0 Å². The summed E-state index contributed by atoms with van der Waals surface area (Å²) in [5.74, 6) is 0.688. The van der Waals surface area contributed by atoms with Crippen molar-refractivity contribution in [3.63, 3.8) is 0 Å². The van der Waals surface area contributed by atoms with Crippen LogP contribution in [0.25, 0.3) is 10.8 Å². The van der Waals surface area contributed by atoms with Gasteiger partial charge >= 0.3 is 0 Å². The third-order valence-corrected chi connectivity index (χ3v) is 5.31. The Hall–Kier alpha value is -1.67. The molecule has 3 aromatic rings. The predicted octanol–water partition coefficient (Wildman–Crippen LogP) is 3.05. The summed E-state index contributed by atoms with van der Waals surface area (Å²) in [6, 6.07) is 6.48. The van der Waals surface area contributed by atoms with Crippen molar-refractivity contribution in [2.75, 3.05) is 20.6 Å². The molecule has 0 saturated heterocycles. The molecule has 1 N–H and O–H groups in total. The maximum atomic E-state index is 4.60. The van der Waals surface area contributed by atoms with Crippen molar-refractivity contribution >= 4 is 22.7 Å². The molecule has 3 rings (SSSR count). The van der Waals surface area contributed by atoms with E-state index >= 15 is 0 Å². The summed E-state index contributed by atoms with van der Waals surface area (Å²) < 4.78 is 0. The molecule has 120 valence electrons. The second-order valence-electron chi connectivity index (χ2n) is 5.34. The summed E-state index contributed by atoms with van der Waals surface area (Å²) in [7, 11) is 4.22. The van der Waals surface area contributed by atoms with E-state index in [1.807, 2.05) is 6.07 Å². The van der Waals surface area contributed by atoms with E-state index in [0.717, 1.165) is 23.8 Å². The SMILES string of the molecule is CN(C)[C@@H](CNCc1csc(-c2ncccn2)n1)c1cccs1. The van der Waals surface area contributed by atoms with Crippen molar-refractivity contribution in [3.05, 3.63) is 51.9 Å². The number of hydrogen-bond donors (Lipinski definition) is 1. The van der Waals surface area contributed by atoms with Gasteiger partial charge < -0.3 is 10.2 Å². The summed E-state index contributed by atoms with van der Waals surface area (Å²) in [4.78, 5) is 16.7. The highest BCUT2D eigenvalue weighted by molar-refractivity contribution is 7.13. The first-order valence-corrected chi connectivity index (χ1v) is 9.12. The smallest absolute Gasteiger partial charge is 0.188 e. The van der Waals surface area contributed by atoms with Gasteiger partial charge in [0.25, 0.3) is 0 Å². The van der Waals surface area contributed by atoms with Crippen molar-refractivity contribution in [3.8, 4) is 10.8 Å². The Balaban J connectivity index is 1.57. The molecule has 0 unspecified atom stereocenters. The lowest BCUT2D eigenvalue weighted by atomic mass is 10.2. The monoisotopic (exact) mass is 345 g/mol. The molecule has 0 aliphatic carbocycles. The molecule has 0 radical (unpaired) electrons. The lowest BCUT2D eigenvalue weighted by molar-refractivity contribution is 0.292. The largest absolute Gasteiger partial charge is 0.309 e. The fourth-order valence-electron chi connectivity index (χ4n) is 2.26. The van der Waals surface area contributed by atoms with Gasteiger partial charge in [-0.2, -0.15) is 0 Å². The minimum absolute atomic E-state index is 0.380. The van der Waals surface area contributed by atoms with Crippen molar-refractivity contribution in [2.45, 2.75) is 12.6 Å². The molecule has 0 spiro atoms. The summed E-state index contributed by atoms with van der Waals surface area (Å²) in [5.41, 5.74) is 1.03. The standard InChI is InChI=1S/C16H19N5S2/c1-21(2)13(14-5-3-8-22-14)10-17-9-12-11-23-16(20-12)15-18-6-4-7-19-15/h3-8,11,13,17H,9-10H2,1-2H3/t13-/m0/s1. The first-order chi connectivity index (χ1) is 11.2. The highest BCUT2D eigenvalue weighted by Crippen LogP contribution is 2.23. The third-order valence-electron chi connectivity index (χ3n) is 3.45. The number of thiophene rings is 1. The number of likely N-dealkylation sites (N-methyl/N-ethyl adjacent to an activating group) is 1. The number of hydrogen-bond acceptors (Lipinski definition) is 7. The van der Waals surface area contributed by atoms with Crippen LogP contribution < -0.4 is 5.32 Å². The molecule has 0 amide bonds. The van der Waals surface area contributed by atoms with E-state index in [2.05, 4.69) is 62.2 Å². The van der Waals surface area contributed by atoms with Crippen LogP contribution in [0.15, 0.2) is 41.4 Å². The van der Waals surface area contributed by atoms with E-state index in [-0.39, 0.29) is 0 Å². The fraction of sp³-hybridized carbons (Fsp3) is 0.312. The van der Waals surface area contributed by atoms with Crippen molar-refractivity contribution in [1.82, 2.24) is 25.2 Å². The molecule has 0 aromatic carbocycles. The van der Waals surface area contributed by atoms with Gasteiger partial charge in [-0.1, -0.05) is 6.07 Å². The molecule has 0 aliphatic rings. The Kier molecular flexibility index (Phi) is 5.45. The number of nitrogens with zero attached hydrogens (tertiary/aromatic N) is 4. The average Bonchev–Trinajstić information content (AvgIpc) is 3.24. The van der Waals surface area contributed by atoms with Gasteiger partial charge in [0.05, 0.1) is 11.7 Å². The summed E-state index contributed by atoms with van der Waals surface area (Å²) in [5, 5.41) is 8.56. The van der Waals surface area contributed by atoms with Crippen molar-refractivity contribution in [1.29, 1.82) is 0 Å². The van der Waals surface area contributed by atoms with Gasteiger partial charge in [-0.3, -0.25) is 0 Å². The van der Waals surface area contributed by atoms with Crippen LogP contribution in [0.1, 0.15) is 16.6 Å². The van der Waals surface area contributed by atoms with E-state index in [1.165, 1.54) is 4.88 Å². The Bertz CT molecular complexity index is 709. The van der Waals surface area contributed by atoms with Gasteiger partial charge in [0, 0.05) is 35.7 Å². The van der Waals surface area contributed by atoms with Crippen LogP contribution in [0.2, 0.25) is 0 Å². The molecular formula is C16H19N5S2. The average molecular weight is 345 g/mol. The third kappa shape index (κ3) is 4.20. The zero-order valence-corrected chi connectivity index (χ0v) is 14.8. The fourth-order valence-corrected chi connectivity index (χ4v) is 3.94. The second-order valence-corrected chi connectivity index (χ2v) is 7.18. The molecule has 5 nitrogen and oxygen atoms in total. The Morgan fingerprint density at radius 1 is 1.17 bits per heavy atom. The summed E-state index contributed by atoms with van der Waals surface area (Å²) in [6.45, 7) is 1.64. The van der Waals surface area contributed by atoms with Gasteiger partial charge in [-0.15, -0.1) is 22.7 Å². The van der Waals surface area contributed by atoms with Gasteiger partial charge in [-0.05, 0) is 31.6 Å². The van der Waals surface area contributed by atoms with Gasteiger partial charge in [0.1, 0.15) is 0 Å². The molecule has 1 atom stereocenters. The van der Waals surface area contributed by atoms with Crippen LogP contribution >= 0.6 is 22.7 Å². The van der Waals surface area contributed by atoms with Gasteiger partial charge in [0.2, 0.25) is 0 Å². The second kappa shape index (κ2) is 7.74. The first-order valence-electron chi connectivity index (χ1n) is 7.36. The molecule has 3 aromatic heterocycles. The normalized spacial score (nSPS) is 12.7. The van der Waals surface area contributed by atoms with E-state index in [1.54, 1.807) is 35.1 Å². The zero-order valence-electron chi connectivity index (χ0n) is 13.1. The maximum absolute atomic E-state index is 4.60. The zero-order chi connectivity index (χ0) is 16.1. The Morgan fingerprint density at radius 3 is 2.70 bits per heavy atom. The lowest BCUT2D eigenvalue weighted by Gasteiger charge is -2.23. The number of aromatic nitrogens is 3. The van der Waals surface area contributed by atoms with E-state index < -0.39 is 0 Å². The molecule has 3 heterocycles. The molecule has 0 bridgehead atoms. The number of rotatable bonds is 7. The molecular weight excluding hydrogens is 326 g/mol. The summed E-state index contributed by atoms with van der Waals surface area (Å²) in [6.07, 6.45) is 3.48. The highest BCUT2D eigenvalue weighted by atomic mass is 32.1. The van der Waals surface area contributed by atoms with E-state index in [4.69, 9.17) is 0 Å². The quantitative estimate of drug-likeness (QED) is 0.713. The van der Waals surface area contributed by atoms with Crippen LogP contribution in [-0.4, -0.2) is 40.5 Å². The minimum atomic E-state index is 0.380. The van der Waals surface area contributed by atoms with E-state index in [9.17, 15) is 0 Å². The molecule has 0 saturated carbocycles. The topological polar surface area (TPSA) is 53.9 Å². The van der Waals surface area contributed by atoms with Crippen LogP contribution in [0.5, 0.6) is 0 Å². The van der Waals surface area contributed by atoms with Crippen LogP contribution in [0.4, 0.5) is 0 Å². The molecule has 7 heteroatoms. The number of nitrogens with one attached hydrogen (secondary N) is 1. The minimum Gasteiger partial charge on any atom is -0.309 e. The Morgan fingerprint density at radius 2 is 2.00 bits per heavy atom. The van der Waals surface area contributed by atoms with Gasteiger partial charge in [-0.25, -0.2) is 15.0 Å². The van der Waals surface area contributed by atoms with Crippen molar-refractivity contribution < 1.29 is 0 Å².